The number of benzene rings is 1. The van der Waals surface area contributed by atoms with E-state index in [0.717, 1.165) is 56.8 Å². The van der Waals surface area contributed by atoms with Crippen LogP contribution < -0.4 is 15.0 Å². The van der Waals surface area contributed by atoms with Crippen molar-refractivity contribution in [2.45, 2.75) is 13.3 Å². The molecule has 1 aromatic heterocycles. The molecule has 7 heteroatoms. The molecule has 0 aliphatic carbocycles. The molecule has 0 saturated carbocycles. The van der Waals surface area contributed by atoms with Gasteiger partial charge in [0.05, 0.1) is 6.61 Å². The number of aliphatic imine (C=N–C) groups is 1. The van der Waals surface area contributed by atoms with Crippen molar-refractivity contribution in [1.82, 2.24) is 20.2 Å². The maximum atomic E-state index is 5.77. The predicted molar refractivity (Wildman–Crippen MR) is 108 cm³/mol. The summed E-state index contributed by atoms with van der Waals surface area (Å²) in [6, 6.07) is 9.99. The highest BCUT2D eigenvalue weighted by atomic mass is 16.5. The molecule has 2 heterocycles. The van der Waals surface area contributed by atoms with Gasteiger partial charge in [-0.25, -0.2) is 9.97 Å². The topological polar surface area (TPSA) is 65.9 Å². The van der Waals surface area contributed by atoms with Gasteiger partial charge in [0.15, 0.2) is 5.96 Å². The van der Waals surface area contributed by atoms with Crippen LogP contribution in [0.3, 0.4) is 0 Å². The summed E-state index contributed by atoms with van der Waals surface area (Å²) >= 11 is 0. The molecule has 1 N–H and O–H groups in total. The minimum absolute atomic E-state index is 0.687. The first-order valence-corrected chi connectivity index (χ1v) is 9.43. The zero-order valence-electron chi connectivity index (χ0n) is 16.1. The Morgan fingerprint density at radius 2 is 1.81 bits per heavy atom. The Bertz CT molecular complexity index is 711. The molecule has 1 aliphatic heterocycles. The zero-order valence-corrected chi connectivity index (χ0v) is 16.1. The van der Waals surface area contributed by atoms with E-state index in [0.29, 0.717) is 6.61 Å². The Hall–Kier alpha value is -2.83. The summed E-state index contributed by atoms with van der Waals surface area (Å²) in [5.41, 5.74) is 1.24. The normalized spacial score (nSPS) is 15.0. The molecule has 0 amide bonds. The molecule has 0 unspecified atom stereocenters. The molecule has 144 valence electrons. The molecule has 27 heavy (non-hydrogen) atoms. The van der Waals surface area contributed by atoms with E-state index in [1.54, 1.807) is 12.4 Å². The van der Waals surface area contributed by atoms with Crippen molar-refractivity contribution in [1.29, 1.82) is 0 Å². The first-order valence-electron chi connectivity index (χ1n) is 9.43. The van der Waals surface area contributed by atoms with Gasteiger partial charge in [0.25, 0.3) is 0 Å². The van der Waals surface area contributed by atoms with Crippen molar-refractivity contribution in [3.05, 3.63) is 48.3 Å². The number of anilines is 1. The summed E-state index contributed by atoms with van der Waals surface area (Å²) in [6.45, 7) is 7.18. The zero-order chi connectivity index (χ0) is 18.9. The standard InChI is InChI=1S/C20H28N6O/c1-17-5-7-18(8-6-17)27-16-4-11-22-19(21-2)25-12-14-26(15-13-25)20-23-9-3-10-24-20/h3,5-10H,4,11-16H2,1-2H3,(H,21,22). The lowest BCUT2D eigenvalue weighted by molar-refractivity contribution is 0.308. The van der Waals surface area contributed by atoms with Gasteiger partial charge in [0.1, 0.15) is 5.75 Å². The van der Waals surface area contributed by atoms with E-state index in [1.807, 2.05) is 25.2 Å². The van der Waals surface area contributed by atoms with Gasteiger partial charge in [-0.2, -0.15) is 0 Å². The SMILES string of the molecule is CN=C(NCCCOc1ccc(C)cc1)N1CCN(c2ncccn2)CC1. The van der Waals surface area contributed by atoms with Gasteiger partial charge < -0.3 is 19.9 Å². The molecule has 7 nitrogen and oxygen atoms in total. The molecule has 1 fully saturated rings. The van der Waals surface area contributed by atoms with E-state index in [9.17, 15) is 0 Å². The average molecular weight is 368 g/mol. The van der Waals surface area contributed by atoms with Crippen LogP contribution in [-0.4, -0.2) is 67.2 Å². The average Bonchev–Trinajstić information content (AvgIpc) is 2.73. The first-order chi connectivity index (χ1) is 13.3. The number of ether oxygens (including phenoxy) is 1. The second-order valence-corrected chi connectivity index (χ2v) is 6.51. The largest absolute Gasteiger partial charge is 0.494 e. The Morgan fingerprint density at radius 3 is 2.48 bits per heavy atom. The van der Waals surface area contributed by atoms with E-state index in [2.05, 4.69) is 49.1 Å². The van der Waals surface area contributed by atoms with Crippen LogP contribution in [0.25, 0.3) is 0 Å². The third-order valence-corrected chi connectivity index (χ3v) is 4.52. The van der Waals surface area contributed by atoms with Crippen LogP contribution in [-0.2, 0) is 0 Å². The molecule has 0 spiro atoms. The van der Waals surface area contributed by atoms with Crippen molar-refractivity contribution < 1.29 is 4.74 Å². The summed E-state index contributed by atoms with van der Waals surface area (Å²) in [6.07, 6.45) is 4.49. The fourth-order valence-electron chi connectivity index (χ4n) is 3.00. The molecule has 1 aromatic carbocycles. The highest BCUT2D eigenvalue weighted by Gasteiger charge is 2.20. The Balaban J connectivity index is 1.36. The smallest absolute Gasteiger partial charge is 0.225 e. The van der Waals surface area contributed by atoms with Crippen LogP contribution in [0, 0.1) is 6.92 Å². The van der Waals surface area contributed by atoms with Gasteiger partial charge in [-0.3, -0.25) is 4.99 Å². The van der Waals surface area contributed by atoms with Crippen LogP contribution in [0.4, 0.5) is 5.95 Å². The number of hydrogen-bond donors (Lipinski definition) is 1. The third-order valence-electron chi connectivity index (χ3n) is 4.52. The molecule has 3 rings (SSSR count). The van der Waals surface area contributed by atoms with E-state index in [1.165, 1.54) is 5.56 Å². The summed E-state index contributed by atoms with van der Waals surface area (Å²) in [5.74, 6) is 2.66. The maximum absolute atomic E-state index is 5.77. The van der Waals surface area contributed by atoms with Crippen molar-refractivity contribution >= 4 is 11.9 Å². The number of nitrogens with zero attached hydrogens (tertiary/aromatic N) is 5. The number of aryl methyl sites for hydroxylation is 1. The lowest BCUT2D eigenvalue weighted by Gasteiger charge is -2.36. The van der Waals surface area contributed by atoms with Crippen molar-refractivity contribution in [2.75, 3.05) is 51.3 Å². The highest BCUT2D eigenvalue weighted by molar-refractivity contribution is 5.80. The Morgan fingerprint density at radius 1 is 1.11 bits per heavy atom. The quantitative estimate of drug-likeness (QED) is 0.478. The number of rotatable bonds is 6. The van der Waals surface area contributed by atoms with E-state index >= 15 is 0 Å². The van der Waals surface area contributed by atoms with E-state index in [4.69, 9.17) is 4.74 Å². The Labute approximate surface area is 161 Å². The molecule has 0 bridgehead atoms. The summed E-state index contributed by atoms with van der Waals surface area (Å²) in [4.78, 5) is 17.6. The van der Waals surface area contributed by atoms with Crippen LogP contribution >= 0.6 is 0 Å². The lowest BCUT2D eigenvalue weighted by atomic mass is 10.2. The van der Waals surface area contributed by atoms with Crippen LogP contribution in [0.1, 0.15) is 12.0 Å². The van der Waals surface area contributed by atoms with E-state index < -0.39 is 0 Å². The molecule has 1 aliphatic rings. The minimum atomic E-state index is 0.687. The Kier molecular flexibility index (Phi) is 6.84. The molecular formula is C20H28N6O. The molecular weight excluding hydrogens is 340 g/mol. The van der Waals surface area contributed by atoms with Crippen LogP contribution in [0.5, 0.6) is 5.75 Å². The second kappa shape index (κ2) is 9.75. The first kappa shape index (κ1) is 18.9. The second-order valence-electron chi connectivity index (χ2n) is 6.51. The summed E-state index contributed by atoms with van der Waals surface area (Å²) < 4.78 is 5.77. The molecule has 0 radical (unpaired) electrons. The van der Waals surface area contributed by atoms with Gasteiger partial charge >= 0.3 is 0 Å². The minimum Gasteiger partial charge on any atom is -0.494 e. The van der Waals surface area contributed by atoms with Gasteiger partial charge in [-0.1, -0.05) is 17.7 Å². The van der Waals surface area contributed by atoms with Crippen LogP contribution in [0.2, 0.25) is 0 Å². The number of guanidine groups is 1. The number of piperazine rings is 1. The number of hydrogen-bond acceptors (Lipinski definition) is 5. The summed E-state index contributed by atoms with van der Waals surface area (Å²) in [5, 5.41) is 3.44. The van der Waals surface area contributed by atoms with Crippen LogP contribution in [0.15, 0.2) is 47.7 Å². The molecule has 1 saturated heterocycles. The monoisotopic (exact) mass is 368 g/mol. The molecule has 2 aromatic rings. The van der Waals surface area contributed by atoms with Gasteiger partial charge in [0.2, 0.25) is 5.95 Å². The van der Waals surface area contributed by atoms with Crippen molar-refractivity contribution in [3.63, 3.8) is 0 Å². The van der Waals surface area contributed by atoms with E-state index in [-0.39, 0.29) is 0 Å². The third kappa shape index (κ3) is 5.57. The fraction of sp³-hybridized carbons (Fsp3) is 0.450. The predicted octanol–water partition coefficient (Wildman–Crippen LogP) is 1.95. The fourth-order valence-corrected chi connectivity index (χ4v) is 3.00. The van der Waals surface area contributed by atoms with Gasteiger partial charge in [0, 0.05) is 52.2 Å². The maximum Gasteiger partial charge on any atom is 0.225 e. The van der Waals surface area contributed by atoms with Crippen molar-refractivity contribution in [3.8, 4) is 5.75 Å². The van der Waals surface area contributed by atoms with Gasteiger partial charge in [-0.05, 0) is 31.5 Å². The molecule has 0 atom stereocenters. The number of aromatic nitrogens is 2. The highest BCUT2D eigenvalue weighted by Crippen LogP contribution is 2.12. The lowest BCUT2D eigenvalue weighted by Crippen LogP contribution is -2.53. The number of nitrogens with one attached hydrogen (secondary N) is 1. The van der Waals surface area contributed by atoms with Crippen molar-refractivity contribution in [2.24, 2.45) is 4.99 Å². The van der Waals surface area contributed by atoms with Gasteiger partial charge in [-0.15, -0.1) is 0 Å². The summed E-state index contributed by atoms with van der Waals surface area (Å²) in [7, 11) is 1.83.